The number of alkyl halides is 3. The van der Waals surface area contributed by atoms with Gasteiger partial charge in [-0.25, -0.2) is 13.4 Å². The largest absolute Gasteiger partial charge is 0.494 e. The number of aromatic nitrogens is 2. The summed E-state index contributed by atoms with van der Waals surface area (Å²) in [5, 5.41) is 16.1. The minimum atomic E-state index is -4.93. The Kier molecular flexibility index (Phi) is 8.63. The number of ether oxygens (including phenoxy) is 3. The van der Waals surface area contributed by atoms with Gasteiger partial charge in [-0.3, -0.25) is 10.1 Å². The quantitative estimate of drug-likeness (QED) is 0.189. The van der Waals surface area contributed by atoms with Crippen LogP contribution >= 0.6 is 0 Å². The number of nitrogens with zero attached hydrogens (tertiary/aromatic N) is 3. The highest BCUT2D eigenvalue weighted by atomic mass is 32.2. The molecule has 3 aromatic rings. The van der Waals surface area contributed by atoms with E-state index in [-0.39, 0.29) is 46.9 Å². The standard InChI is InChI=1S/C22H21F4N5O7S/c1-36-18-8-12(38-6-7-39(3,34)35)4-5-15(18)29-21-27-11-13(22(24,25)26)20(30-21)28-16-10-17(31(32)33)14(23)9-19(16)37-2/h4-5,8-11H,6-7H2,1-3H3,(H2,27,28,29,30). The van der Waals surface area contributed by atoms with E-state index in [9.17, 15) is 36.1 Å². The van der Waals surface area contributed by atoms with E-state index in [1.165, 1.54) is 25.3 Å². The second kappa shape index (κ2) is 11.5. The zero-order chi connectivity index (χ0) is 29.0. The molecule has 0 aliphatic carbocycles. The average molecular weight is 575 g/mol. The van der Waals surface area contributed by atoms with Crippen LogP contribution in [0, 0.1) is 15.9 Å². The van der Waals surface area contributed by atoms with E-state index in [1.54, 1.807) is 0 Å². The number of anilines is 4. The highest BCUT2D eigenvalue weighted by Crippen LogP contribution is 2.39. The second-order valence-corrected chi connectivity index (χ2v) is 10.1. The molecule has 2 N–H and O–H groups in total. The summed E-state index contributed by atoms with van der Waals surface area (Å²) in [5.41, 5.74) is -2.45. The molecular weight excluding hydrogens is 554 g/mol. The molecule has 210 valence electrons. The van der Waals surface area contributed by atoms with E-state index in [0.717, 1.165) is 13.4 Å². The molecule has 0 aliphatic rings. The normalized spacial score (nSPS) is 11.6. The Labute approximate surface area is 219 Å². The van der Waals surface area contributed by atoms with E-state index in [0.29, 0.717) is 18.3 Å². The smallest absolute Gasteiger partial charge is 0.421 e. The van der Waals surface area contributed by atoms with Crippen molar-refractivity contribution in [3.8, 4) is 17.2 Å². The summed E-state index contributed by atoms with van der Waals surface area (Å²) < 4.78 is 93.2. The molecule has 0 spiro atoms. The molecule has 0 fully saturated rings. The van der Waals surface area contributed by atoms with Crippen molar-refractivity contribution in [2.45, 2.75) is 6.18 Å². The Morgan fingerprint density at radius 1 is 1.05 bits per heavy atom. The highest BCUT2D eigenvalue weighted by Gasteiger charge is 2.36. The van der Waals surface area contributed by atoms with Crippen LogP contribution in [-0.2, 0) is 16.0 Å². The molecule has 2 aromatic carbocycles. The highest BCUT2D eigenvalue weighted by molar-refractivity contribution is 7.90. The van der Waals surface area contributed by atoms with Gasteiger partial charge >= 0.3 is 11.9 Å². The van der Waals surface area contributed by atoms with Gasteiger partial charge in [-0.15, -0.1) is 0 Å². The van der Waals surface area contributed by atoms with E-state index < -0.39 is 43.8 Å². The van der Waals surface area contributed by atoms with Crippen LogP contribution in [0.2, 0.25) is 0 Å². The molecule has 3 rings (SSSR count). The number of nitrogens with one attached hydrogen (secondary N) is 2. The molecule has 0 radical (unpaired) electrons. The Balaban J connectivity index is 1.96. The number of benzene rings is 2. The van der Waals surface area contributed by atoms with Gasteiger partial charge in [0.25, 0.3) is 0 Å². The monoisotopic (exact) mass is 575 g/mol. The number of hydrogen-bond donors (Lipinski definition) is 2. The van der Waals surface area contributed by atoms with Crippen molar-refractivity contribution >= 4 is 38.7 Å². The molecule has 0 saturated heterocycles. The fourth-order valence-corrected chi connectivity index (χ4v) is 3.50. The van der Waals surface area contributed by atoms with Crippen molar-refractivity contribution in [2.24, 2.45) is 0 Å². The Morgan fingerprint density at radius 2 is 1.72 bits per heavy atom. The van der Waals surface area contributed by atoms with E-state index in [1.807, 2.05) is 0 Å². The van der Waals surface area contributed by atoms with Crippen LogP contribution in [-0.4, -0.2) is 56.1 Å². The number of methoxy groups -OCH3 is 2. The first-order valence-corrected chi connectivity index (χ1v) is 12.8. The molecule has 0 bridgehead atoms. The molecule has 39 heavy (non-hydrogen) atoms. The van der Waals surface area contributed by atoms with E-state index in [2.05, 4.69) is 20.6 Å². The fourth-order valence-electron chi connectivity index (χ4n) is 3.12. The van der Waals surface area contributed by atoms with Gasteiger partial charge in [0, 0.05) is 30.7 Å². The van der Waals surface area contributed by atoms with Crippen LogP contribution < -0.4 is 24.8 Å². The number of rotatable bonds is 11. The molecule has 0 amide bonds. The summed E-state index contributed by atoms with van der Waals surface area (Å²) in [6.07, 6.45) is -3.38. The summed E-state index contributed by atoms with van der Waals surface area (Å²) in [5.74, 6) is -2.48. The van der Waals surface area contributed by atoms with Crippen LogP contribution in [0.3, 0.4) is 0 Å². The summed E-state index contributed by atoms with van der Waals surface area (Å²) in [6, 6.07) is 5.64. The number of halogens is 4. The first kappa shape index (κ1) is 29.2. The predicted molar refractivity (Wildman–Crippen MR) is 131 cm³/mol. The molecule has 0 unspecified atom stereocenters. The van der Waals surface area contributed by atoms with E-state index in [4.69, 9.17) is 14.2 Å². The topological polar surface area (TPSA) is 155 Å². The molecular formula is C22H21F4N5O7S. The van der Waals surface area contributed by atoms with Crippen molar-refractivity contribution in [2.75, 3.05) is 43.5 Å². The summed E-state index contributed by atoms with van der Waals surface area (Å²) >= 11 is 0. The van der Waals surface area contributed by atoms with Gasteiger partial charge in [-0.1, -0.05) is 0 Å². The maximum Gasteiger partial charge on any atom is 0.421 e. The van der Waals surface area contributed by atoms with Crippen LogP contribution in [0.25, 0.3) is 0 Å². The Morgan fingerprint density at radius 3 is 2.31 bits per heavy atom. The van der Waals surface area contributed by atoms with Crippen molar-refractivity contribution in [3.05, 3.63) is 58.0 Å². The van der Waals surface area contributed by atoms with E-state index >= 15 is 0 Å². The van der Waals surface area contributed by atoms with Crippen molar-refractivity contribution in [1.29, 1.82) is 0 Å². The van der Waals surface area contributed by atoms with Gasteiger partial charge in [0.1, 0.15) is 35.2 Å². The zero-order valence-corrected chi connectivity index (χ0v) is 21.3. The summed E-state index contributed by atoms with van der Waals surface area (Å²) in [6.45, 7) is -0.114. The van der Waals surface area contributed by atoms with Crippen molar-refractivity contribution in [1.82, 2.24) is 9.97 Å². The molecule has 1 heterocycles. The lowest BCUT2D eigenvalue weighted by molar-refractivity contribution is -0.387. The lowest BCUT2D eigenvalue weighted by Gasteiger charge is -2.17. The average Bonchev–Trinajstić information content (AvgIpc) is 2.84. The number of nitro groups is 1. The first-order chi connectivity index (χ1) is 18.2. The van der Waals surface area contributed by atoms with Crippen molar-refractivity contribution < 1.29 is 45.1 Å². The third-order valence-corrected chi connectivity index (χ3v) is 5.86. The molecule has 0 saturated carbocycles. The number of hydrogen-bond acceptors (Lipinski definition) is 11. The van der Waals surface area contributed by atoms with Gasteiger partial charge in [0.05, 0.1) is 36.3 Å². The van der Waals surface area contributed by atoms with Gasteiger partial charge in [-0.05, 0) is 12.1 Å². The number of sulfone groups is 1. The predicted octanol–water partition coefficient (Wildman–Crippen LogP) is 4.47. The van der Waals surface area contributed by atoms with Gasteiger partial charge in [0.15, 0.2) is 9.84 Å². The maximum atomic E-state index is 14.0. The van der Waals surface area contributed by atoms with Gasteiger partial charge < -0.3 is 24.8 Å². The van der Waals surface area contributed by atoms with Crippen molar-refractivity contribution in [3.63, 3.8) is 0 Å². The van der Waals surface area contributed by atoms with Gasteiger partial charge in [-0.2, -0.15) is 22.5 Å². The Bertz CT molecular complexity index is 1490. The third-order valence-electron chi connectivity index (χ3n) is 4.96. The molecule has 12 nitrogen and oxygen atoms in total. The van der Waals surface area contributed by atoms with Crippen LogP contribution in [0.4, 0.5) is 46.4 Å². The molecule has 17 heteroatoms. The molecule has 0 aliphatic heterocycles. The maximum absolute atomic E-state index is 14.0. The fraction of sp³-hybridized carbons (Fsp3) is 0.273. The second-order valence-electron chi connectivity index (χ2n) is 7.81. The minimum Gasteiger partial charge on any atom is -0.494 e. The lowest BCUT2D eigenvalue weighted by atomic mass is 10.2. The summed E-state index contributed by atoms with van der Waals surface area (Å²) in [4.78, 5) is 17.6. The van der Waals surface area contributed by atoms with Crippen LogP contribution in [0.15, 0.2) is 36.5 Å². The van der Waals surface area contributed by atoms with Crippen LogP contribution in [0.1, 0.15) is 5.56 Å². The lowest BCUT2D eigenvalue weighted by Crippen LogP contribution is -2.13. The van der Waals surface area contributed by atoms with Crippen LogP contribution in [0.5, 0.6) is 17.2 Å². The number of nitro benzene ring substituents is 1. The first-order valence-electron chi connectivity index (χ1n) is 10.7. The zero-order valence-electron chi connectivity index (χ0n) is 20.5. The molecule has 0 atom stereocenters. The minimum absolute atomic E-state index is 0.114. The molecule has 1 aromatic heterocycles. The van der Waals surface area contributed by atoms with Gasteiger partial charge in [0.2, 0.25) is 11.8 Å². The Hall–Kier alpha value is -4.41. The SMILES string of the molecule is COc1cc(OCCS(C)(=O)=O)ccc1Nc1ncc(C(F)(F)F)c(Nc2cc([N+](=O)[O-])c(F)cc2OC)n1. The summed E-state index contributed by atoms with van der Waals surface area (Å²) in [7, 11) is -0.828. The third kappa shape index (κ3) is 7.56.